The van der Waals surface area contributed by atoms with E-state index in [0.717, 1.165) is 48.7 Å². The van der Waals surface area contributed by atoms with Crippen LogP contribution in [0.25, 0.3) is 16.9 Å². The number of hydrogen-bond donors (Lipinski definition) is 1. The summed E-state index contributed by atoms with van der Waals surface area (Å²) in [5.74, 6) is 1.00. The van der Waals surface area contributed by atoms with Crippen LogP contribution in [0.2, 0.25) is 0 Å². The fraction of sp³-hybridized carbons (Fsp3) is 0.333. The van der Waals surface area contributed by atoms with E-state index < -0.39 is 0 Å². The Labute approximate surface area is 135 Å². The van der Waals surface area contributed by atoms with Crippen LogP contribution in [0.15, 0.2) is 42.9 Å². The normalized spacial score (nSPS) is 17.7. The van der Waals surface area contributed by atoms with Crippen LogP contribution in [0.5, 0.6) is 0 Å². The lowest BCUT2D eigenvalue weighted by Crippen LogP contribution is -2.19. The zero-order valence-corrected chi connectivity index (χ0v) is 13.2. The van der Waals surface area contributed by atoms with E-state index in [0.29, 0.717) is 0 Å². The van der Waals surface area contributed by atoms with Gasteiger partial charge in [0.25, 0.3) is 0 Å². The molecule has 1 N–H and O–H groups in total. The van der Waals surface area contributed by atoms with E-state index >= 15 is 0 Å². The van der Waals surface area contributed by atoms with Crippen molar-refractivity contribution in [3.8, 4) is 11.3 Å². The number of aryl methyl sites for hydroxylation is 1. The van der Waals surface area contributed by atoms with Crippen molar-refractivity contribution >= 4 is 11.5 Å². The maximum atomic E-state index is 5.72. The van der Waals surface area contributed by atoms with Crippen LogP contribution in [0, 0.1) is 6.92 Å². The minimum absolute atomic E-state index is 0.285. The SMILES string of the molecule is Cc1ccn2c(NCC3CCCO3)c(-c3cccnc3)nc2c1. The van der Waals surface area contributed by atoms with Gasteiger partial charge in [-0.1, -0.05) is 0 Å². The first-order valence-corrected chi connectivity index (χ1v) is 8.06. The lowest BCUT2D eigenvalue weighted by Gasteiger charge is -2.13. The maximum Gasteiger partial charge on any atom is 0.139 e. The number of nitrogens with zero attached hydrogens (tertiary/aromatic N) is 3. The molecule has 0 aromatic carbocycles. The van der Waals surface area contributed by atoms with Crippen LogP contribution in [-0.4, -0.2) is 33.6 Å². The van der Waals surface area contributed by atoms with Crippen molar-refractivity contribution < 1.29 is 4.74 Å². The Morgan fingerprint density at radius 1 is 1.39 bits per heavy atom. The number of anilines is 1. The van der Waals surface area contributed by atoms with E-state index in [9.17, 15) is 0 Å². The summed E-state index contributed by atoms with van der Waals surface area (Å²) in [6, 6.07) is 8.17. The Bertz CT molecular complexity index is 807. The summed E-state index contributed by atoms with van der Waals surface area (Å²) in [4.78, 5) is 9.03. The van der Waals surface area contributed by atoms with E-state index in [-0.39, 0.29) is 6.10 Å². The molecule has 1 saturated heterocycles. The molecule has 0 amide bonds. The molecule has 1 aliphatic heterocycles. The van der Waals surface area contributed by atoms with E-state index in [1.807, 2.05) is 18.3 Å². The smallest absolute Gasteiger partial charge is 0.139 e. The van der Waals surface area contributed by atoms with Gasteiger partial charge in [-0.25, -0.2) is 4.98 Å². The van der Waals surface area contributed by atoms with Crippen LogP contribution >= 0.6 is 0 Å². The summed E-state index contributed by atoms with van der Waals surface area (Å²) in [7, 11) is 0. The Morgan fingerprint density at radius 2 is 2.35 bits per heavy atom. The Hall–Kier alpha value is -2.40. The largest absolute Gasteiger partial charge is 0.376 e. The van der Waals surface area contributed by atoms with Gasteiger partial charge < -0.3 is 10.1 Å². The number of imidazole rings is 1. The molecule has 3 aromatic heterocycles. The summed E-state index contributed by atoms with van der Waals surface area (Å²) in [5, 5.41) is 3.54. The number of rotatable bonds is 4. The highest BCUT2D eigenvalue weighted by Crippen LogP contribution is 2.29. The average molecular weight is 308 g/mol. The van der Waals surface area contributed by atoms with E-state index in [4.69, 9.17) is 9.72 Å². The number of ether oxygens (including phenoxy) is 1. The molecule has 0 aliphatic carbocycles. The summed E-state index contributed by atoms with van der Waals surface area (Å²) in [5.41, 5.74) is 4.09. The van der Waals surface area contributed by atoms with Crippen molar-refractivity contribution in [2.75, 3.05) is 18.5 Å². The monoisotopic (exact) mass is 308 g/mol. The Kier molecular flexibility index (Phi) is 3.71. The quantitative estimate of drug-likeness (QED) is 0.803. The first-order chi connectivity index (χ1) is 11.3. The predicted molar refractivity (Wildman–Crippen MR) is 90.6 cm³/mol. The molecule has 1 fully saturated rings. The van der Waals surface area contributed by atoms with Gasteiger partial charge in [-0.05, 0) is 49.6 Å². The minimum Gasteiger partial charge on any atom is -0.376 e. The van der Waals surface area contributed by atoms with Crippen molar-refractivity contribution in [3.05, 3.63) is 48.4 Å². The van der Waals surface area contributed by atoms with E-state index in [2.05, 4.69) is 40.0 Å². The highest BCUT2D eigenvalue weighted by molar-refractivity contribution is 5.76. The second-order valence-electron chi connectivity index (χ2n) is 6.00. The molecule has 0 saturated carbocycles. The molecule has 1 aliphatic rings. The molecule has 118 valence electrons. The molecule has 5 heteroatoms. The van der Waals surface area contributed by atoms with E-state index in [1.54, 1.807) is 6.20 Å². The van der Waals surface area contributed by atoms with Crippen molar-refractivity contribution in [3.63, 3.8) is 0 Å². The van der Waals surface area contributed by atoms with Crippen LogP contribution in [0.3, 0.4) is 0 Å². The highest BCUT2D eigenvalue weighted by Gasteiger charge is 2.18. The summed E-state index contributed by atoms with van der Waals surface area (Å²) < 4.78 is 7.82. The van der Waals surface area contributed by atoms with Crippen LogP contribution in [0.1, 0.15) is 18.4 Å². The number of fused-ring (bicyclic) bond motifs is 1. The second kappa shape index (κ2) is 6.01. The zero-order valence-electron chi connectivity index (χ0n) is 13.2. The lowest BCUT2D eigenvalue weighted by atomic mass is 10.2. The maximum absolute atomic E-state index is 5.72. The number of pyridine rings is 2. The average Bonchev–Trinajstić information content (AvgIpc) is 3.20. The van der Waals surface area contributed by atoms with Gasteiger partial charge in [0.2, 0.25) is 0 Å². The van der Waals surface area contributed by atoms with Gasteiger partial charge >= 0.3 is 0 Å². The number of hydrogen-bond acceptors (Lipinski definition) is 4. The molecule has 4 rings (SSSR count). The van der Waals surface area contributed by atoms with Crippen LogP contribution in [-0.2, 0) is 4.74 Å². The molecular formula is C18H20N4O. The third kappa shape index (κ3) is 2.80. The van der Waals surface area contributed by atoms with Gasteiger partial charge in [0, 0.05) is 37.3 Å². The summed E-state index contributed by atoms with van der Waals surface area (Å²) >= 11 is 0. The van der Waals surface area contributed by atoms with Gasteiger partial charge in [0.15, 0.2) is 0 Å². The summed E-state index contributed by atoms with van der Waals surface area (Å²) in [6.07, 6.45) is 8.25. The molecule has 1 unspecified atom stereocenters. The second-order valence-corrected chi connectivity index (χ2v) is 6.00. The molecule has 0 spiro atoms. The predicted octanol–water partition coefficient (Wildman–Crippen LogP) is 3.30. The highest BCUT2D eigenvalue weighted by atomic mass is 16.5. The third-order valence-electron chi connectivity index (χ3n) is 4.24. The first kappa shape index (κ1) is 14.2. The topological polar surface area (TPSA) is 51.5 Å². The fourth-order valence-electron chi connectivity index (χ4n) is 3.04. The molecule has 1 atom stereocenters. The molecular weight excluding hydrogens is 288 g/mol. The van der Waals surface area contributed by atoms with Gasteiger partial charge in [-0.15, -0.1) is 0 Å². The molecule has 0 bridgehead atoms. The number of nitrogens with one attached hydrogen (secondary N) is 1. The standard InChI is InChI=1S/C18H20N4O/c1-13-6-8-22-16(10-13)21-17(14-4-2-7-19-11-14)18(22)20-12-15-5-3-9-23-15/h2,4,6-8,10-11,15,20H,3,5,9,12H2,1H3. The van der Waals surface area contributed by atoms with Crippen molar-refractivity contribution in [1.82, 2.24) is 14.4 Å². The third-order valence-corrected chi connectivity index (χ3v) is 4.24. The molecule has 3 aromatic rings. The van der Waals surface area contributed by atoms with Crippen LogP contribution in [0.4, 0.5) is 5.82 Å². The van der Waals surface area contributed by atoms with Gasteiger partial charge in [0.1, 0.15) is 17.2 Å². The van der Waals surface area contributed by atoms with Gasteiger partial charge in [-0.2, -0.15) is 0 Å². The van der Waals surface area contributed by atoms with Crippen molar-refractivity contribution in [1.29, 1.82) is 0 Å². The minimum atomic E-state index is 0.285. The van der Waals surface area contributed by atoms with Crippen molar-refractivity contribution in [2.24, 2.45) is 0 Å². The first-order valence-electron chi connectivity index (χ1n) is 8.06. The number of aromatic nitrogens is 3. The van der Waals surface area contributed by atoms with Gasteiger partial charge in [-0.3, -0.25) is 9.38 Å². The Morgan fingerprint density at radius 3 is 3.13 bits per heavy atom. The molecule has 4 heterocycles. The summed E-state index contributed by atoms with van der Waals surface area (Å²) in [6.45, 7) is 3.75. The fourth-order valence-corrected chi connectivity index (χ4v) is 3.04. The molecule has 23 heavy (non-hydrogen) atoms. The Balaban J connectivity index is 1.75. The van der Waals surface area contributed by atoms with Gasteiger partial charge in [0.05, 0.1) is 6.10 Å². The lowest BCUT2D eigenvalue weighted by molar-refractivity contribution is 0.120. The zero-order chi connectivity index (χ0) is 15.6. The van der Waals surface area contributed by atoms with Crippen molar-refractivity contribution in [2.45, 2.75) is 25.9 Å². The van der Waals surface area contributed by atoms with E-state index in [1.165, 1.54) is 5.56 Å². The molecule has 0 radical (unpaired) electrons. The molecule has 5 nitrogen and oxygen atoms in total. The van der Waals surface area contributed by atoms with Crippen LogP contribution < -0.4 is 5.32 Å².